The summed E-state index contributed by atoms with van der Waals surface area (Å²) in [5.74, 6) is -0.372. The average molecular weight is 292 g/mol. The number of esters is 1. The molecule has 1 fully saturated rings. The number of benzene rings is 1. The van der Waals surface area contributed by atoms with Crippen molar-refractivity contribution in [3.05, 3.63) is 40.3 Å². The van der Waals surface area contributed by atoms with Gasteiger partial charge in [0.05, 0.1) is 30.1 Å². The molecule has 0 saturated carbocycles. The third-order valence-corrected chi connectivity index (χ3v) is 3.75. The zero-order chi connectivity index (χ0) is 15.2. The quantitative estimate of drug-likeness (QED) is 0.616. The first-order valence-corrected chi connectivity index (χ1v) is 7.09. The Bertz CT molecular complexity index is 489. The van der Waals surface area contributed by atoms with E-state index in [0.29, 0.717) is 18.7 Å². The topological polar surface area (TPSA) is 68.2 Å². The fourth-order valence-corrected chi connectivity index (χ4v) is 2.67. The van der Waals surface area contributed by atoms with Crippen molar-refractivity contribution in [3.63, 3.8) is 0 Å². The maximum atomic E-state index is 11.4. The van der Waals surface area contributed by atoms with Gasteiger partial charge in [-0.3, -0.25) is 5.01 Å². The fraction of sp³-hybridized carbons (Fsp3) is 0.533. The Morgan fingerprint density at radius 2 is 2.10 bits per heavy atom. The van der Waals surface area contributed by atoms with Crippen LogP contribution in [0.2, 0.25) is 0 Å². The third-order valence-electron chi connectivity index (χ3n) is 3.75. The number of rotatable bonds is 5. The van der Waals surface area contributed by atoms with Crippen molar-refractivity contribution in [1.82, 2.24) is 5.01 Å². The second kappa shape index (κ2) is 7.17. The minimum Gasteiger partial charge on any atom is -0.465 e. The molecule has 0 amide bonds. The molecule has 21 heavy (non-hydrogen) atoms. The SMILES string of the molecule is CCO[C@@H]1CCN(N=O)[C@H](c2ccc(C(=O)OC)cc2)C1. The zero-order valence-electron chi connectivity index (χ0n) is 12.3. The van der Waals surface area contributed by atoms with Crippen LogP contribution < -0.4 is 0 Å². The van der Waals surface area contributed by atoms with Gasteiger partial charge in [-0.25, -0.2) is 4.79 Å². The van der Waals surface area contributed by atoms with Crippen molar-refractivity contribution >= 4 is 5.97 Å². The lowest BCUT2D eigenvalue weighted by molar-refractivity contribution is -0.0111. The molecule has 0 N–H and O–H groups in total. The molecule has 6 nitrogen and oxygen atoms in total. The maximum Gasteiger partial charge on any atom is 0.337 e. The van der Waals surface area contributed by atoms with E-state index in [1.807, 2.05) is 19.1 Å². The predicted molar refractivity (Wildman–Crippen MR) is 77.7 cm³/mol. The molecular weight excluding hydrogens is 272 g/mol. The van der Waals surface area contributed by atoms with Gasteiger partial charge in [0.25, 0.3) is 0 Å². The molecule has 0 radical (unpaired) electrons. The second-order valence-electron chi connectivity index (χ2n) is 4.98. The Morgan fingerprint density at radius 1 is 1.38 bits per heavy atom. The highest BCUT2D eigenvalue weighted by atomic mass is 16.5. The van der Waals surface area contributed by atoms with Crippen LogP contribution in [0, 0.1) is 4.91 Å². The van der Waals surface area contributed by atoms with Crippen LogP contribution in [0.1, 0.15) is 41.7 Å². The normalized spacial score (nSPS) is 21.9. The monoisotopic (exact) mass is 292 g/mol. The first-order valence-electron chi connectivity index (χ1n) is 7.09. The smallest absolute Gasteiger partial charge is 0.337 e. The van der Waals surface area contributed by atoms with Crippen LogP contribution in [0.25, 0.3) is 0 Å². The van der Waals surface area contributed by atoms with Gasteiger partial charge in [0.15, 0.2) is 0 Å². The van der Waals surface area contributed by atoms with Crippen LogP contribution >= 0.6 is 0 Å². The Balaban J connectivity index is 2.16. The van der Waals surface area contributed by atoms with Crippen molar-refractivity contribution in [2.75, 3.05) is 20.3 Å². The number of nitrogens with zero attached hydrogens (tertiary/aromatic N) is 2. The summed E-state index contributed by atoms with van der Waals surface area (Å²) in [7, 11) is 1.35. The molecule has 2 rings (SSSR count). The summed E-state index contributed by atoms with van der Waals surface area (Å²) in [6, 6.07) is 6.97. The molecule has 0 bridgehead atoms. The minimum atomic E-state index is -0.372. The van der Waals surface area contributed by atoms with Gasteiger partial charge < -0.3 is 9.47 Å². The Morgan fingerprint density at radius 3 is 2.67 bits per heavy atom. The van der Waals surface area contributed by atoms with E-state index < -0.39 is 0 Å². The van der Waals surface area contributed by atoms with Crippen molar-refractivity contribution in [2.24, 2.45) is 5.29 Å². The Labute approximate surface area is 124 Å². The lowest BCUT2D eigenvalue weighted by Crippen LogP contribution is -2.36. The van der Waals surface area contributed by atoms with E-state index in [2.05, 4.69) is 10.0 Å². The summed E-state index contributed by atoms with van der Waals surface area (Å²) < 4.78 is 10.3. The van der Waals surface area contributed by atoms with Crippen molar-refractivity contribution in [2.45, 2.75) is 31.9 Å². The first kappa shape index (κ1) is 15.4. The molecule has 0 aromatic heterocycles. The molecule has 2 atom stereocenters. The highest BCUT2D eigenvalue weighted by Gasteiger charge is 2.30. The molecule has 114 valence electrons. The number of hydrogen-bond donors (Lipinski definition) is 0. The minimum absolute atomic E-state index is 0.112. The van der Waals surface area contributed by atoms with Crippen LogP contribution in [0.5, 0.6) is 0 Å². The van der Waals surface area contributed by atoms with Gasteiger partial charge >= 0.3 is 5.97 Å². The standard InChI is InChI=1S/C15H20N2O4/c1-3-21-13-8-9-17(16-19)14(10-13)11-4-6-12(7-5-11)15(18)20-2/h4-7,13-14H,3,8-10H2,1-2H3/t13-,14+/m1/s1. The molecule has 1 aliphatic heterocycles. The fourth-order valence-electron chi connectivity index (χ4n) is 2.67. The Kier molecular flexibility index (Phi) is 5.27. The van der Waals surface area contributed by atoms with E-state index in [1.165, 1.54) is 7.11 Å². The van der Waals surface area contributed by atoms with Crippen molar-refractivity contribution < 1.29 is 14.3 Å². The van der Waals surface area contributed by atoms with Crippen LogP contribution in [0.3, 0.4) is 0 Å². The van der Waals surface area contributed by atoms with Gasteiger partial charge in [-0.15, -0.1) is 4.91 Å². The Hall–Kier alpha value is -1.95. The lowest BCUT2D eigenvalue weighted by atomic mass is 9.94. The first-order chi connectivity index (χ1) is 10.2. The van der Waals surface area contributed by atoms with E-state index in [-0.39, 0.29) is 18.1 Å². The average Bonchev–Trinajstić information content (AvgIpc) is 2.54. The maximum absolute atomic E-state index is 11.4. The van der Waals surface area contributed by atoms with Gasteiger partial charge in [-0.05, 0) is 37.5 Å². The van der Waals surface area contributed by atoms with E-state index in [4.69, 9.17) is 4.74 Å². The summed E-state index contributed by atoms with van der Waals surface area (Å²) in [5, 5.41) is 4.65. The van der Waals surface area contributed by atoms with Crippen LogP contribution in [0.15, 0.2) is 29.6 Å². The number of methoxy groups -OCH3 is 1. The van der Waals surface area contributed by atoms with Crippen LogP contribution in [0.4, 0.5) is 0 Å². The number of carbonyl (C=O) groups is 1. The molecule has 0 spiro atoms. The lowest BCUT2D eigenvalue weighted by Gasteiger charge is -2.35. The highest BCUT2D eigenvalue weighted by molar-refractivity contribution is 5.89. The van der Waals surface area contributed by atoms with Gasteiger partial charge in [-0.1, -0.05) is 12.1 Å². The van der Waals surface area contributed by atoms with E-state index >= 15 is 0 Å². The van der Waals surface area contributed by atoms with Gasteiger partial charge in [-0.2, -0.15) is 0 Å². The van der Waals surface area contributed by atoms with E-state index in [0.717, 1.165) is 18.4 Å². The summed E-state index contributed by atoms with van der Waals surface area (Å²) in [6.45, 7) is 3.20. The van der Waals surface area contributed by atoms with Gasteiger partial charge in [0.1, 0.15) is 0 Å². The zero-order valence-corrected chi connectivity index (χ0v) is 12.3. The van der Waals surface area contributed by atoms with Crippen LogP contribution in [-0.4, -0.2) is 37.3 Å². The molecule has 1 aromatic carbocycles. The highest BCUT2D eigenvalue weighted by Crippen LogP contribution is 2.32. The summed E-state index contributed by atoms with van der Waals surface area (Å²) in [5.41, 5.74) is 1.44. The van der Waals surface area contributed by atoms with Crippen molar-refractivity contribution in [1.29, 1.82) is 0 Å². The van der Waals surface area contributed by atoms with Crippen molar-refractivity contribution in [3.8, 4) is 0 Å². The number of carbonyl (C=O) groups excluding carboxylic acids is 1. The molecule has 0 aliphatic carbocycles. The number of ether oxygens (including phenoxy) is 2. The van der Waals surface area contributed by atoms with Gasteiger partial charge in [0, 0.05) is 13.2 Å². The number of nitroso groups, excluding NO2 is 1. The number of hydrogen-bond acceptors (Lipinski definition) is 5. The summed E-state index contributed by atoms with van der Waals surface area (Å²) in [6.07, 6.45) is 1.66. The molecule has 6 heteroatoms. The predicted octanol–water partition coefficient (Wildman–Crippen LogP) is 2.70. The summed E-state index contributed by atoms with van der Waals surface area (Å²) >= 11 is 0. The van der Waals surface area contributed by atoms with Gasteiger partial charge in [0.2, 0.25) is 0 Å². The molecule has 1 heterocycles. The largest absolute Gasteiger partial charge is 0.465 e. The molecule has 1 aliphatic rings. The molecule has 1 saturated heterocycles. The molecular formula is C15H20N2O4. The molecule has 1 aromatic rings. The molecule has 0 unspecified atom stereocenters. The summed E-state index contributed by atoms with van der Waals surface area (Å²) in [4.78, 5) is 22.4. The van der Waals surface area contributed by atoms with E-state index in [9.17, 15) is 9.70 Å². The van der Waals surface area contributed by atoms with Crippen LogP contribution in [-0.2, 0) is 9.47 Å². The number of piperidine rings is 1. The van der Waals surface area contributed by atoms with E-state index in [1.54, 1.807) is 17.1 Å². The second-order valence-corrected chi connectivity index (χ2v) is 4.98. The third kappa shape index (κ3) is 3.58.